The van der Waals surface area contributed by atoms with E-state index in [0.29, 0.717) is 16.6 Å². The monoisotopic (exact) mass is 338 g/mol. The number of aromatic nitrogens is 1. The van der Waals surface area contributed by atoms with Crippen LogP contribution in [0.4, 0.5) is 8.78 Å². The fourth-order valence-corrected chi connectivity index (χ4v) is 1.90. The Bertz CT molecular complexity index is 402. The van der Waals surface area contributed by atoms with Crippen molar-refractivity contribution in [2.45, 2.75) is 18.2 Å². The molecule has 15 heavy (non-hydrogen) atoms. The molecule has 1 aromatic heterocycles. The minimum absolute atomic E-state index is 0.0861. The highest BCUT2D eigenvalue weighted by atomic mass is 79.9. The summed E-state index contributed by atoms with van der Waals surface area (Å²) in [6.07, 6.45) is -2.56. The van der Waals surface area contributed by atoms with Crippen LogP contribution in [0.25, 0.3) is 0 Å². The van der Waals surface area contributed by atoms with Gasteiger partial charge in [-0.1, -0.05) is 15.9 Å². The van der Waals surface area contributed by atoms with Gasteiger partial charge in [-0.05, 0) is 27.6 Å². The van der Waals surface area contributed by atoms with Crippen molar-refractivity contribution in [3.05, 3.63) is 27.5 Å². The van der Waals surface area contributed by atoms with Crippen LogP contribution in [0.15, 0.2) is 10.5 Å². The van der Waals surface area contributed by atoms with Crippen LogP contribution in [0, 0.1) is 11.3 Å². The third kappa shape index (κ3) is 2.95. The minimum Gasteiger partial charge on any atom is -0.250 e. The zero-order valence-corrected chi connectivity index (χ0v) is 10.6. The molecule has 0 amide bonds. The topological polar surface area (TPSA) is 36.7 Å². The largest absolute Gasteiger partial charge is 0.281 e. The molecule has 0 radical (unpaired) electrons. The highest BCUT2D eigenvalue weighted by molar-refractivity contribution is 9.10. The van der Waals surface area contributed by atoms with Crippen LogP contribution < -0.4 is 0 Å². The van der Waals surface area contributed by atoms with Gasteiger partial charge < -0.3 is 0 Å². The summed E-state index contributed by atoms with van der Waals surface area (Å²) < 4.78 is 25.4. The molecular weight excluding hydrogens is 334 g/mol. The van der Waals surface area contributed by atoms with Gasteiger partial charge in [0.25, 0.3) is 6.43 Å². The van der Waals surface area contributed by atoms with Crippen LogP contribution in [0.3, 0.4) is 0 Å². The van der Waals surface area contributed by atoms with E-state index in [0.717, 1.165) is 0 Å². The number of hydrogen-bond acceptors (Lipinski definition) is 2. The second-order valence-electron chi connectivity index (χ2n) is 2.74. The van der Waals surface area contributed by atoms with Gasteiger partial charge in [-0.25, -0.2) is 13.8 Å². The molecule has 0 saturated carbocycles. The Hall–Kier alpha value is -0.540. The Labute approximate surface area is 103 Å². The molecule has 0 atom stereocenters. The predicted molar refractivity (Wildman–Crippen MR) is 58.8 cm³/mol. The molecular formula is C9H6Br2F2N2. The molecule has 0 N–H and O–H groups in total. The van der Waals surface area contributed by atoms with Gasteiger partial charge in [-0.3, -0.25) is 0 Å². The summed E-state index contributed by atoms with van der Waals surface area (Å²) in [5.41, 5.74) is 0.730. The molecule has 6 heteroatoms. The van der Waals surface area contributed by atoms with E-state index in [9.17, 15) is 8.78 Å². The van der Waals surface area contributed by atoms with Gasteiger partial charge in [0.05, 0.1) is 18.2 Å². The molecule has 0 fully saturated rings. The van der Waals surface area contributed by atoms with Crippen LogP contribution in [0.1, 0.15) is 23.4 Å². The van der Waals surface area contributed by atoms with E-state index >= 15 is 0 Å². The molecule has 1 rings (SSSR count). The maximum atomic E-state index is 12.6. The van der Waals surface area contributed by atoms with Crippen LogP contribution in [-0.4, -0.2) is 4.98 Å². The van der Waals surface area contributed by atoms with E-state index in [2.05, 4.69) is 36.8 Å². The van der Waals surface area contributed by atoms with Crippen molar-refractivity contribution in [2.24, 2.45) is 0 Å². The average Bonchev–Trinajstić information content (AvgIpc) is 2.21. The third-order valence-corrected chi connectivity index (χ3v) is 3.21. The fourth-order valence-electron chi connectivity index (χ4n) is 1.09. The molecule has 0 aliphatic heterocycles. The second-order valence-corrected chi connectivity index (χ2v) is 4.09. The van der Waals surface area contributed by atoms with Gasteiger partial charge in [-0.2, -0.15) is 5.26 Å². The van der Waals surface area contributed by atoms with Crippen molar-refractivity contribution >= 4 is 31.9 Å². The normalized spacial score (nSPS) is 10.4. The van der Waals surface area contributed by atoms with Crippen LogP contribution in [0.5, 0.6) is 0 Å². The number of halogens is 4. The molecule has 1 heterocycles. The Morgan fingerprint density at radius 3 is 2.67 bits per heavy atom. The average molecular weight is 340 g/mol. The molecule has 1 aromatic rings. The zero-order valence-electron chi connectivity index (χ0n) is 7.48. The summed E-state index contributed by atoms with van der Waals surface area (Å²) >= 11 is 6.18. The highest BCUT2D eigenvalue weighted by Gasteiger charge is 2.17. The van der Waals surface area contributed by atoms with E-state index in [-0.39, 0.29) is 16.6 Å². The number of hydrogen-bond donors (Lipinski definition) is 0. The van der Waals surface area contributed by atoms with Gasteiger partial charge in [0, 0.05) is 9.80 Å². The first-order valence-electron chi connectivity index (χ1n) is 3.99. The van der Waals surface area contributed by atoms with E-state index < -0.39 is 6.43 Å². The van der Waals surface area contributed by atoms with Crippen LogP contribution in [-0.2, 0) is 11.8 Å². The van der Waals surface area contributed by atoms with Gasteiger partial charge in [0.2, 0.25) is 0 Å². The van der Waals surface area contributed by atoms with E-state index in [1.54, 1.807) is 6.07 Å². The third-order valence-electron chi connectivity index (χ3n) is 1.72. The van der Waals surface area contributed by atoms with Gasteiger partial charge >= 0.3 is 0 Å². The van der Waals surface area contributed by atoms with Crippen molar-refractivity contribution in [3.8, 4) is 6.07 Å². The first kappa shape index (κ1) is 12.5. The van der Waals surface area contributed by atoms with Crippen molar-refractivity contribution in [1.29, 1.82) is 5.26 Å². The number of alkyl halides is 3. The summed E-state index contributed by atoms with van der Waals surface area (Å²) in [7, 11) is 0. The maximum absolute atomic E-state index is 12.6. The smallest absolute Gasteiger partial charge is 0.250 e. The molecule has 0 aromatic carbocycles. The lowest BCUT2D eigenvalue weighted by Crippen LogP contribution is -2.00. The molecule has 80 valence electrons. The summed E-state index contributed by atoms with van der Waals surface area (Å²) in [5, 5.41) is 8.93. The van der Waals surface area contributed by atoms with E-state index in [1.165, 1.54) is 0 Å². The Kier molecular flexibility index (Phi) is 4.61. The highest BCUT2D eigenvalue weighted by Crippen LogP contribution is 2.29. The van der Waals surface area contributed by atoms with Crippen LogP contribution >= 0.6 is 31.9 Å². The lowest BCUT2D eigenvalue weighted by Gasteiger charge is -2.08. The first-order valence-corrected chi connectivity index (χ1v) is 5.90. The number of nitriles is 1. The second kappa shape index (κ2) is 5.52. The molecule has 0 spiro atoms. The quantitative estimate of drug-likeness (QED) is 0.786. The lowest BCUT2D eigenvalue weighted by atomic mass is 10.1. The van der Waals surface area contributed by atoms with Crippen molar-refractivity contribution < 1.29 is 8.78 Å². The first-order chi connectivity index (χ1) is 7.10. The molecule has 0 aliphatic rings. The molecule has 0 aliphatic carbocycles. The summed E-state index contributed by atoms with van der Waals surface area (Å²) in [6.45, 7) is 0. The summed E-state index contributed by atoms with van der Waals surface area (Å²) in [4.78, 5) is 3.78. The zero-order chi connectivity index (χ0) is 11.4. The molecule has 0 bridgehead atoms. The summed E-state index contributed by atoms with van der Waals surface area (Å²) in [5.74, 6) is 0. The Balaban J connectivity index is 3.28. The van der Waals surface area contributed by atoms with Crippen molar-refractivity contribution in [1.82, 2.24) is 4.98 Å². The standard InChI is InChI=1S/C9H6Br2F2N2/c10-4-6-3-5(1-2-14)7(11)8(15-6)9(12)13/h3,9H,1,4H2. The molecule has 0 saturated heterocycles. The van der Waals surface area contributed by atoms with Crippen LogP contribution in [0.2, 0.25) is 0 Å². The van der Waals surface area contributed by atoms with Crippen molar-refractivity contribution in [3.63, 3.8) is 0 Å². The Morgan fingerprint density at radius 1 is 1.53 bits per heavy atom. The molecule has 0 unspecified atom stereocenters. The summed E-state index contributed by atoms with van der Waals surface area (Å²) in [6, 6.07) is 3.56. The molecule has 2 nitrogen and oxygen atoms in total. The minimum atomic E-state index is -2.64. The van der Waals surface area contributed by atoms with E-state index in [1.807, 2.05) is 6.07 Å². The number of pyridine rings is 1. The predicted octanol–water partition coefficient (Wildman–Crippen LogP) is 3.74. The number of rotatable bonds is 3. The lowest BCUT2D eigenvalue weighted by molar-refractivity contribution is 0.145. The maximum Gasteiger partial charge on any atom is 0.281 e. The van der Waals surface area contributed by atoms with Gasteiger partial charge in [0.1, 0.15) is 5.69 Å². The van der Waals surface area contributed by atoms with Crippen molar-refractivity contribution in [2.75, 3.05) is 0 Å². The SMILES string of the molecule is N#CCc1cc(CBr)nc(C(F)F)c1Br. The fraction of sp³-hybridized carbons (Fsp3) is 0.333. The van der Waals surface area contributed by atoms with Gasteiger partial charge in [0.15, 0.2) is 0 Å². The Morgan fingerprint density at radius 2 is 2.20 bits per heavy atom. The van der Waals surface area contributed by atoms with E-state index in [4.69, 9.17) is 5.26 Å². The number of nitrogens with zero attached hydrogens (tertiary/aromatic N) is 2. The van der Waals surface area contributed by atoms with Gasteiger partial charge in [-0.15, -0.1) is 0 Å².